The highest BCUT2D eigenvalue weighted by atomic mass is 16.5. The van der Waals surface area contributed by atoms with Crippen LogP contribution in [-0.4, -0.2) is 44.5 Å². The van der Waals surface area contributed by atoms with Gasteiger partial charge in [0.1, 0.15) is 5.75 Å². The first kappa shape index (κ1) is 22.7. The molecule has 0 saturated carbocycles. The van der Waals surface area contributed by atoms with Gasteiger partial charge in [-0.15, -0.1) is 0 Å². The highest BCUT2D eigenvalue weighted by molar-refractivity contribution is 5.90. The molecule has 166 valence electrons. The monoisotopic (exact) mass is 423 g/mol. The minimum absolute atomic E-state index is 0.0461. The van der Waals surface area contributed by atoms with E-state index in [1.165, 1.54) is 0 Å². The topological polar surface area (TPSA) is 61.9 Å². The Morgan fingerprint density at radius 2 is 1.81 bits per heavy atom. The molecule has 1 aliphatic rings. The number of ether oxygens (including phenoxy) is 1. The van der Waals surface area contributed by atoms with Crippen LogP contribution >= 0.6 is 0 Å². The molecule has 2 atom stereocenters. The number of hydrogen-bond donors (Lipinski definition) is 1. The van der Waals surface area contributed by atoms with Crippen LogP contribution in [0.1, 0.15) is 43.4 Å². The summed E-state index contributed by atoms with van der Waals surface area (Å²) in [5.41, 5.74) is 3.12. The largest absolute Gasteiger partial charge is 0.497 e. The van der Waals surface area contributed by atoms with E-state index in [4.69, 9.17) is 4.74 Å². The van der Waals surface area contributed by atoms with Crippen LogP contribution < -0.4 is 15.0 Å². The van der Waals surface area contributed by atoms with E-state index in [0.717, 1.165) is 35.4 Å². The second-order valence-corrected chi connectivity index (χ2v) is 8.25. The van der Waals surface area contributed by atoms with Crippen molar-refractivity contribution in [2.24, 2.45) is 5.92 Å². The van der Waals surface area contributed by atoms with E-state index in [-0.39, 0.29) is 24.3 Å². The van der Waals surface area contributed by atoms with Crippen molar-refractivity contribution in [1.29, 1.82) is 0 Å². The molecule has 1 N–H and O–H groups in total. The number of carbonyl (C=O) groups is 2. The summed E-state index contributed by atoms with van der Waals surface area (Å²) < 4.78 is 5.27. The van der Waals surface area contributed by atoms with E-state index >= 15 is 0 Å². The van der Waals surface area contributed by atoms with Crippen LogP contribution in [0, 0.1) is 5.92 Å². The van der Waals surface area contributed by atoms with Crippen molar-refractivity contribution in [2.45, 2.75) is 38.8 Å². The number of unbranched alkanes of at least 4 members (excludes halogenated alkanes) is 1. The smallest absolute Gasteiger partial charge is 0.226 e. The fraction of sp³-hybridized carbons (Fsp3) is 0.440. The summed E-state index contributed by atoms with van der Waals surface area (Å²) in [5.74, 6) is 0.323. The molecule has 0 aliphatic carbocycles. The quantitative estimate of drug-likeness (QED) is 0.667. The molecule has 31 heavy (non-hydrogen) atoms. The maximum atomic E-state index is 13.1. The molecule has 1 heterocycles. The summed E-state index contributed by atoms with van der Waals surface area (Å²) in [5, 5.41) is 3.05. The van der Waals surface area contributed by atoms with Crippen LogP contribution in [-0.2, 0) is 16.1 Å². The number of carbonyl (C=O) groups excluding carboxylic acids is 2. The molecule has 6 heteroatoms. The van der Waals surface area contributed by atoms with Gasteiger partial charge < -0.3 is 19.9 Å². The van der Waals surface area contributed by atoms with Crippen molar-refractivity contribution in [3.05, 3.63) is 59.7 Å². The zero-order valence-corrected chi connectivity index (χ0v) is 18.9. The second-order valence-electron chi connectivity index (χ2n) is 8.25. The van der Waals surface area contributed by atoms with Gasteiger partial charge >= 0.3 is 0 Å². The van der Waals surface area contributed by atoms with Crippen LogP contribution in [0.3, 0.4) is 0 Å². The molecule has 0 spiro atoms. The van der Waals surface area contributed by atoms with Crippen molar-refractivity contribution < 1.29 is 14.3 Å². The fourth-order valence-electron chi connectivity index (χ4n) is 4.06. The Kier molecular flexibility index (Phi) is 7.55. The number of hydrogen-bond acceptors (Lipinski definition) is 4. The van der Waals surface area contributed by atoms with Crippen molar-refractivity contribution >= 4 is 17.5 Å². The first-order valence-corrected chi connectivity index (χ1v) is 10.9. The highest BCUT2D eigenvalue weighted by Gasteiger charge is 2.44. The van der Waals surface area contributed by atoms with Gasteiger partial charge in [0.15, 0.2) is 0 Å². The van der Waals surface area contributed by atoms with Gasteiger partial charge in [0.2, 0.25) is 11.8 Å². The van der Waals surface area contributed by atoms with Crippen molar-refractivity contribution in [3.8, 4) is 5.75 Å². The Bertz CT molecular complexity index is 878. The molecular weight excluding hydrogens is 390 g/mol. The lowest BCUT2D eigenvalue weighted by Crippen LogP contribution is -2.35. The van der Waals surface area contributed by atoms with Gasteiger partial charge in [0, 0.05) is 39.3 Å². The molecule has 2 aromatic rings. The Balaban J connectivity index is 1.75. The Morgan fingerprint density at radius 1 is 1.13 bits per heavy atom. The lowest BCUT2D eigenvalue weighted by Gasteiger charge is -2.28. The summed E-state index contributed by atoms with van der Waals surface area (Å²) in [4.78, 5) is 29.9. The molecule has 3 rings (SSSR count). The van der Waals surface area contributed by atoms with E-state index in [1.54, 1.807) is 7.11 Å². The van der Waals surface area contributed by atoms with E-state index in [0.29, 0.717) is 13.1 Å². The summed E-state index contributed by atoms with van der Waals surface area (Å²) >= 11 is 0. The van der Waals surface area contributed by atoms with Crippen LogP contribution in [0.25, 0.3) is 0 Å². The zero-order chi connectivity index (χ0) is 22.4. The summed E-state index contributed by atoms with van der Waals surface area (Å²) in [7, 11) is 5.62. The average molecular weight is 424 g/mol. The van der Waals surface area contributed by atoms with Crippen LogP contribution in [0.5, 0.6) is 5.75 Å². The summed E-state index contributed by atoms with van der Waals surface area (Å²) in [6, 6.07) is 15.5. The van der Waals surface area contributed by atoms with Crippen LogP contribution in [0.2, 0.25) is 0 Å². The van der Waals surface area contributed by atoms with E-state index < -0.39 is 5.92 Å². The number of benzene rings is 2. The number of nitrogens with one attached hydrogen (secondary N) is 1. The van der Waals surface area contributed by atoms with Crippen molar-refractivity contribution in [3.63, 3.8) is 0 Å². The first-order chi connectivity index (χ1) is 14.9. The molecular formula is C25H33N3O3. The number of nitrogens with zero attached hydrogens (tertiary/aromatic N) is 2. The number of likely N-dealkylation sites (tertiary alicyclic amines) is 1. The maximum Gasteiger partial charge on any atom is 0.226 e. The number of methoxy groups -OCH3 is 1. The second kappa shape index (κ2) is 10.3. The van der Waals surface area contributed by atoms with E-state index in [9.17, 15) is 9.59 Å². The van der Waals surface area contributed by atoms with Crippen molar-refractivity contribution in [1.82, 2.24) is 10.2 Å². The molecule has 2 amide bonds. The first-order valence-electron chi connectivity index (χ1n) is 10.9. The standard InChI is InChI=1S/C25H33N3O3/c1-5-6-15-28-23(29)16-22(24(28)19-9-13-21(31-4)14-10-19)25(30)26-17-18-7-11-20(12-8-18)27(2)3/h7-14,22,24H,5-6,15-17H2,1-4H3,(H,26,30). The molecule has 2 aromatic carbocycles. The minimum Gasteiger partial charge on any atom is -0.497 e. The molecule has 1 fully saturated rings. The number of anilines is 1. The molecule has 0 aromatic heterocycles. The molecule has 0 radical (unpaired) electrons. The van der Waals surface area contributed by atoms with Crippen LogP contribution in [0.4, 0.5) is 5.69 Å². The minimum atomic E-state index is -0.404. The third-order valence-corrected chi connectivity index (χ3v) is 5.90. The molecule has 6 nitrogen and oxygen atoms in total. The molecule has 2 unspecified atom stereocenters. The predicted molar refractivity (Wildman–Crippen MR) is 123 cm³/mol. The Morgan fingerprint density at radius 3 is 2.39 bits per heavy atom. The van der Waals surface area contributed by atoms with Gasteiger partial charge in [-0.25, -0.2) is 0 Å². The lowest BCUT2D eigenvalue weighted by molar-refractivity contribution is -0.129. The third-order valence-electron chi connectivity index (χ3n) is 5.90. The van der Waals surface area contributed by atoms with E-state index in [2.05, 4.69) is 12.2 Å². The van der Waals surface area contributed by atoms with E-state index in [1.807, 2.05) is 72.4 Å². The highest BCUT2D eigenvalue weighted by Crippen LogP contribution is 2.39. The van der Waals surface area contributed by atoms with Gasteiger partial charge in [-0.05, 0) is 41.8 Å². The van der Waals surface area contributed by atoms with Gasteiger partial charge in [0.25, 0.3) is 0 Å². The van der Waals surface area contributed by atoms with Gasteiger partial charge in [0.05, 0.1) is 19.1 Å². The van der Waals surface area contributed by atoms with Crippen LogP contribution in [0.15, 0.2) is 48.5 Å². The molecule has 1 saturated heterocycles. The lowest BCUT2D eigenvalue weighted by atomic mass is 9.92. The zero-order valence-electron chi connectivity index (χ0n) is 18.9. The Hall–Kier alpha value is -3.02. The number of rotatable bonds is 9. The number of amides is 2. The predicted octanol–water partition coefficient (Wildman–Crippen LogP) is 3.77. The summed E-state index contributed by atoms with van der Waals surface area (Å²) in [6.07, 6.45) is 2.16. The summed E-state index contributed by atoms with van der Waals surface area (Å²) in [6.45, 7) is 3.22. The SMILES string of the molecule is CCCCN1C(=O)CC(C(=O)NCc2ccc(N(C)C)cc2)C1c1ccc(OC)cc1. The normalized spacial score (nSPS) is 18.2. The van der Waals surface area contributed by atoms with Crippen molar-refractivity contribution in [2.75, 3.05) is 32.6 Å². The Labute approximate surface area is 185 Å². The van der Waals surface area contributed by atoms with Gasteiger partial charge in [-0.3, -0.25) is 9.59 Å². The third kappa shape index (κ3) is 5.37. The molecule has 0 bridgehead atoms. The fourth-order valence-corrected chi connectivity index (χ4v) is 4.06. The average Bonchev–Trinajstić information content (AvgIpc) is 3.12. The maximum absolute atomic E-state index is 13.1. The molecule has 1 aliphatic heterocycles. The van der Waals surface area contributed by atoms with Gasteiger partial charge in [-0.2, -0.15) is 0 Å². The van der Waals surface area contributed by atoms with Gasteiger partial charge in [-0.1, -0.05) is 37.6 Å².